The molecule has 18 heavy (non-hydrogen) atoms. The van der Waals surface area contributed by atoms with Gasteiger partial charge in [-0.25, -0.2) is 4.68 Å². The van der Waals surface area contributed by atoms with Crippen molar-refractivity contribution < 1.29 is 0 Å². The maximum Gasteiger partial charge on any atom is 0.113 e. The van der Waals surface area contributed by atoms with E-state index < -0.39 is 0 Å². The highest BCUT2D eigenvalue weighted by atomic mass is 79.9. The first kappa shape index (κ1) is 11.2. The summed E-state index contributed by atoms with van der Waals surface area (Å²) < 4.78 is 2.83. The van der Waals surface area contributed by atoms with Crippen LogP contribution < -0.4 is 0 Å². The minimum absolute atomic E-state index is 0.867. The number of rotatable bonds is 2. The van der Waals surface area contributed by atoms with Crippen molar-refractivity contribution in [3.8, 4) is 16.9 Å². The average molecular weight is 300 g/mol. The van der Waals surface area contributed by atoms with Gasteiger partial charge in [-0.3, -0.25) is 0 Å². The number of hydrogen-bond donors (Lipinski definition) is 0. The summed E-state index contributed by atoms with van der Waals surface area (Å²) in [4.78, 5) is 0. The zero-order chi connectivity index (χ0) is 12.4. The minimum Gasteiger partial charge on any atom is -0.220 e. The lowest BCUT2D eigenvalue weighted by Crippen LogP contribution is -1.93. The van der Waals surface area contributed by atoms with Crippen LogP contribution in [0.2, 0.25) is 0 Å². The van der Waals surface area contributed by atoms with Crippen molar-refractivity contribution in [1.82, 2.24) is 15.0 Å². The van der Waals surface area contributed by atoms with E-state index >= 15 is 0 Å². The first-order valence-corrected chi connectivity index (χ1v) is 6.36. The molecule has 1 aromatic heterocycles. The molecule has 0 aliphatic rings. The van der Waals surface area contributed by atoms with Gasteiger partial charge >= 0.3 is 0 Å². The maximum absolute atomic E-state index is 4.19. The lowest BCUT2D eigenvalue weighted by atomic mass is 10.2. The van der Waals surface area contributed by atoms with Gasteiger partial charge in [0.25, 0.3) is 0 Å². The fourth-order valence-corrected chi connectivity index (χ4v) is 1.99. The molecule has 0 aliphatic heterocycles. The Morgan fingerprint density at radius 1 is 0.889 bits per heavy atom. The third-order valence-corrected chi connectivity index (χ3v) is 3.18. The van der Waals surface area contributed by atoms with Gasteiger partial charge in [-0.1, -0.05) is 51.5 Å². The van der Waals surface area contributed by atoms with Crippen LogP contribution in [0.5, 0.6) is 0 Å². The summed E-state index contributed by atoms with van der Waals surface area (Å²) in [5, 5.41) is 8.33. The van der Waals surface area contributed by atoms with Gasteiger partial charge in [0.2, 0.25) is 0 Å². The number of aromatic nitrogens is 3. The summed E-state index contributed by atoms with van der Waals surface area (Å²) in [5.41, 5.74) is 2.93. The first-order chi connectivity index (χ1) is 8.83. The van der Waals surface area contributed by atoms with Crippen LogP contribution in [0.15, 0.2) is 65.3 Å². The highest BCUT2D eigenvalue weighted by Crippen LogP contribution is 2.20. The third kappa shape index (κ3) is 2.19. The average Bonchev–Trinajstić information content (AvgIpc) is 2.90. The van der Waals surface area contributed by atoms with Gasteiger partial charge in [-0.05, 0) is 24.3 Å². The predicted octanol–water partition coefficient (Wildman–Crippen LogP) is 3.70. The smallest absolute Gasteiger partial charge is 0.113 e. The summed E-state index contributed by atoms with van der Waals surface area (Å²) in [6, 6.07) is 18.0. The van der Waals surface area contributed by atoms with Crippen molar-refractivity contribution in [3.05, 3.63) is 65.3 Å². The van der Waals surface area contributed by atoms with Crippen LogP contribution in [0.25, 0.3) is 16.9 Å². The van der Waals surface area contributed by atoms with Crippen LogP contribution >= 0.6 is 15.9 Å². The van der Waals surface area contributed by atoms with E-state index in [2.05, 4.69) is 26.2 Å². The number of benzene rings is 2. The van der Waals surface area contributed by atoms with Crippen molar-refractivity contribution in [1.29, 1.82) is 0 Å². The van der Waals surface area contributed by atoms with Crippen molar-refractivity contribution in [2.24, 2.45) is 0 Å². The Morgan fingerprint density at radius 2 is 1.61 bits per heavy atom. The molecule has 3 aromatic rings. The van der Waals surface area contributed by atoms with Crippen molar-refractivity contribution in [2.45, 2.75) is 0 Å². The van der Waals surface area contributed by atoms with E-state index in [4.69, 9.17) is 0 Å². The SMILES string of the molecule is Brc1ccc(-c2cn(-c3ccccc3)nn2)cc1. The Labute approximate surface area is 113 Å². The van der Waals surface area contributed by atoms with E-state index in [9.17, 15) is 0 Å². The lowest BCUT2D eigenvalue weighted by molar-refractivity contribution is 0.804. The molecule has 0 amide bonds. The van der Waals surface area contributed by atoms with E-state index in [-0.39, 0.29) is 0 Å². The van der Waals surface area contributed by atoms with Crippen LogP contribution in [-0.4, -0.2) is 15.0 Å². The molecule has 1 heterocycles. The molecule has 0 fully saturated rings. The van der Waals surface area contributed by atoms with Crippen LogP contribution in [0.3, 0.4) is 0 Å². The van der Waals surface area contributed by atoms with Crippen LogP contribution in [-0.2, 0) is 0 Å². The third-order valence-electron chi connectivity index (χ3n) is 2.65. The standard InChI is InChI=1S/C14H10BrN3/c15-12-8-6-11(7-9-12)14-10-18(17-16-14)13-4-2-1-3-5-13/h1-10H. The molecule has 0 N–H and O–H groups in total. The summed E-state index contributed by atoms with van der Waals surface area (Å²) in [5.74, 6) is 0. The van der Waals surface area contributed by atoms with Crippen LogP contribution in [0.4, 0.5) is 0 Å². The van der Waals surface area contributed by atoms with E-state index in [0.717, 1.165) is 21.4 Å². The van der Waals surface area contributed by atoms with Crippen LogP contribution in [0.1, 0.15) is 0 Å². The number of para-hydroxylation sites is 1. The molecule has 0 unspecified atom stereocenters. The minimum atomic E-state index is 0.867. The molecule has 0 aliphatic carbocycles. The largest absolute Gasteiger partial charge is 0.220 e. The van der Waals surface area contributed by atoms with Crippen LogP contribution in [0, 0.1) is 0 Å². The maximum atomic E-state index is 4.19. The summed E-state index contributed by atoms with van der Waals surface area (Å²) in [7, 11) is 0. The highest BCUT2D eigenvalue weighted by Gasteiger charge is 2.04. The van der Waals surface area contributed by atoms with Crippen molar-refractivity contribution in [3.63, 3.8) is 0 Å². The van der Waals surface area contributed by atoms with E-state index in [1.807, 2.05) is 60.8 Å². The molecule has 0 atom stereocenters. The zero-order valence-electron chi connectivity index (χ0n) is 9.49. The zero-order valence-corrected chi connectivity index (χ0v) is 11.1. The second kappa shape index (κ2) is 4.74. The highest BCUT2D eigenvalue weighted by molar-refractivity contribution is 9.10. The normalized spacial score (nSPS) is 10.5. The Hall–Kier alpha value is -1.94. The molecule has 0 radical (unpaired) electrons. The second-order valence-electron chi connectivity index (χ2n) is 3.89. The van der Waals surface area contributed by atoms with Gasteiger partial charge < -0.3 is 0 Å². The molecule has 3 nitrogen and oxygen atoms in total. The Balaban J connectivity index is 1.97. The molecule has 0 spiro atoms. The van der Waals surface area contributed by atoms with E-state index in [1.165, 1.54) is 0 Å². The predicted molar refractivity (Wildman–Crippen MR) is 74.5 cm³/mol. The Kier molecular flexibility index (Phi) is 2.94. The van der Waals surface area contributed by atoms with E-state index in [1.54, 1.807) is 4.68 Å². The second-order valence-corrected chi connectivity index (χ2v) is 4.81. The van der Waals surface area contributed by atoms with Gasteiger partial charge in [0, 0.05) is 10.0 Å². The number of hydrogen-bond acceptors (Lipinski definition) is 2. The molecule has 4 heteroatoms. The molecule has 3 rings (SSSR count). The van der Waals surface area contributed by atoms with Gasteiger partial charge in [0.1, 0.15) is 5.69 Å². The molecule has 0 saturated heterocycles. The molecule has 0 saturated carbocycles. The van der Waals surface area contributed by atoms with Crippen molar-refractivity contribution >= 4 is 15.9 Å². The molecular weight excluding hydrogens is 290 g/mol. The van der Waals surface area contributed by atoms with E-state index in [0.29, 0.717) is 0 Å². The molecule has 88 valence electrons. The lowest BCUT2D eigenvalue weighted by Gasteiger charge is -1.97. The van der Waals surface area contributed by atoms with Crippen molar-refractivity contribution in [2.75, 3.05) is 0 Å². The fraction of sp³-hybridized carbons (Fsp3) is 0. The van der Waals surface area contributed by atoms with Gasteiger partial charge in [0.15, 0.2) is 0 Å². The first-order valence-electron chi connectivity index (χ1n) is 5.57. The number of halogens is 1. The fourth-order valence-electron chi connectivity index (χ4n) is 1.72. The molecule has 2 aromatic carbocycles. The summed E-state index contributed by atoms with van der Waals surface area (Å²) in [6.45, 7) is 0. The molecule has 0 bridgehead atoms. The topological polar surface area (TPSA) is 30.7 Å². The summed E-state index contributed by atoms with van der Waals surface area (Å²) in [6.07, 6.45) is 1.93. The summed E-state index contributed by atoms with van der Waals surface area (Å²) >= 11 is 3.42. The van der Waals surface area contributed by atoms with Gasteiger partial charge in [-0.2, -0.15) is 0 Å². The van der Waals surface area contributed by atoms with Gasteiger partial charge in [0.05, 0.1) is 11.9 Å². The number of nitrogens with zero attached hydrogens (tertiary/aromatic N) is 3. The quantitative estimate of drug-likeness (QED) is 0.722. The Morgan fingerprint density at radius 3 is 2.33 bits per heavy atom. The monoisotopic (exact) mass is 299 g/mol. The molecular formula is C14H10BrN3. The Bertz CT molecular complexity index is 644. The van der Waals surface area contributed by atoms with Gasteiger partial charge in [-0.15, -0.1) is 5.10 Å².